The normalized spacial score (nSPS) is 22.9. The van der Waals surface area contributed by atoms with Gasteiger partial charge in [-0.05, 0) is 48.5 Å². The van der Waals surface area contributed by atoms with Crippen molar-refractivity contribution < 1.29 is 13.5 Å². The van der Waals surface area contributed by atoms with Gasteiger partial charge in [-0.25, -0.2) is 8.42 Å². The van der Waals surface area contributed by atoms with Crippen molar-refractivity contribution in [1.29, 1.82) is 0 Å². The number of hydrogen-bond acceptors (Lipinski definition) is 3. The van der Waals surface area contributed by atoms with Crippen LogP contribution in [0, 0.1) is 5.41 Å². The zero-order chi connectivity index (χ0) is 15.0. The van der Waals surface area contributed by atoms with Crippen LogP contribution in [0.25, 0.3) is 0 Å². The van der Waals surface area contributed by atoms with Gasteiger partial charge >= 0.3 is 0 Å². The van der Waals surface area contributed by atoms with Crippen molar-refractivity contribution in [2.75, 3.05) is 5.75 Å². The number of sulfone groups is 1. The van der Waals surface area contributed by atoms with Gasteiger partial charge in [0.05, 0.1) is 16.8 Å². The van der Waals surface area contributed by atoms with Crippen molar-refractivity contribution in [2.24, 2.45) is 5.41 Å². The summed E-state index contributed by atoms with van der Waals surface area (Å²) in [4.78, 5) is 0.344. The lowest BCUT2D eigenvalue weighted by Crippen LogP contribution is -2.31. The number of hydrogen-bond donors (Lipinski definition) is 1. The SMILES string of the molecule is CC1=C(CS(=O)(=O)c2ccccc2)C(C)(C)CCC1O. The van der Waals surface area contributed by atoms with E-state index in [9.17, 15) is 13.5 Å². The monoisotopic (exact) mass is 294 g/mol. The second-order valence-electron chi connectivity index (χ2n) is 6.17. The average Bonchev–Trinajstić information content (AvgIpc) is 2.41. The molecule has 3 nitrogen and oxygen atoms in total. The Hall–Kier alpha value is -1.13. The molecule has 4 heteroatoms. The van der Waals surface area contributed by atoms with Crippen LogP contribution in [0.15, 0.2) is 46.4 Å². The second-order valence-corrected chi connectivity index (χ2v) is 8.16. The summed E-state index contributed by atoms with van der Waals surface area (Å²) in [5, 5.41) is 10.00. The van der Waals surface area contributed by atoms with E-state index in [2.05, 4.69) is 13.8 Å². The van der Waals surface area contributed by atoms with Gasteiger partial charge in [-0.1, -0.05) is 32.0 Å². The molecule has 0 amide bonds. The van der Waals surface area contributed by atoms with Gasteiger partial charge in [0.25, 0.3) is 0 Å². The lowest BCUT2D eigenvalue weighted by Gasteiger charge is -2.36. The maximum Gasteiger partial charge on any atom is 0.182 e. The Morgan fingerprint density at radius 2 is 1.85 bits per heavy atom. The van der Waals surface area contributed by atoms with Crippen molar-refractivity contribution in [3.8, 4) is 0 Å². The smallest absolute Gasteiger partial charge is 0.182 e. The first-order valence-electron chi connectivity index (χ1n) is 6.90. The van der Waals surface area contributed by atoms with Crippen LogP contribution in [-0.2, 0) is 9.84 Å². The standard InChI is InChI=1S/C16H22O3S/c1-12-14(16(2,3)10-9-15(12)17)11-20(18,19)13-7-5-4-6-8-13/h4-8,15,17H,9-11H2,1-3H3. The molecule has 0 saturated carbocycles. The molecule has 0 radical (unpaired) electrons. The van der Waals surface area contributed by atoms with Gasteiger partial charge in [0, 0.05) is 0 Å². The Balaban J connectivity index is 2.40. The number of rotatable bonds is 3. The van der Waals surface area contributed by atoms with E-state index in [0.717, 1.165) is 17.6 Å². The fraction of sp³-hybridized carbons (Fsp3) is 0.500. The highest BCUT2D eigenvalue weighted by Crippen LogP contribution is 2.41. The summed E-state index contributed by atoms with van der Waals surface area (Å²) in [6.07, 6.45) is 1.00. The highest BCUT2D eigenvalue weighted by molar-refractivity contribution is 7.91. The number of aliphatic hydroxyl groups excluding tert-OH is 1. The topological polar surface area (TPSA) is 54.4 Å². The summed E-state index contributed by atoms with van der Waals surface area (Å²) < 4.78 is 25.0. The first kappa shape index (κ1) is 15.3. The van der Waals surface area contributed by atoms with Crippen molar-refractivity contribution >= 4 is 9.84 Å². The fourth-order valence-electron chi connectivity index (χ4n) is 2.81. The summed E-state index contributed by atoms with van der Waals surface area (Å²) >= 11 is 0. The minimum atomic E-state index is -3.36. The lowest BCUT2D eigenvalue weighted by molar-refractivity contribution is 0.161. The van der Waals surface area contributed by atoms with E-state index in [-0.39, 0.29) is 11.2 Å². The van der Waals surface area contributed by atoms with Crippen molar-refractivity contribution in [3.63, 3.8) is 0 Å². The Morgan fingerprint density at radius 3 is 2.45 bits per heavy atom. The molecule has 1 atom stereocenters. The summed E-state index contributed by atoms with van der Waals surface area (Å²) in [5.74, 6) is -0.00704. The van der Waals surface area contributed by atoms with Crippen LogP contribution in [-0.4, -0.2) is 25.4 Å². The molecule has 1 aliphatic rings. The van der Waals surface area contributed by atoms with E-state index < -0.39 is 15.9 Å². The van der Waals surface area contributed by atoms with Gasteiger partial charge in [-0.3, -0.25) is 0 Å². The van der Waals surface area contributed by atoms with Gasteiger partial charge in [0.1, 0.15) is 0 Å². The molecule has 0 aromatic heterocycles. The molecular formula is C16H22O3S. The van der Waals surface area contributed by atoms with Gasteiger partial charge in [-0.15, -0.1) is 0 Å². The molecule has 1 N–H and O–H groups in total. The Morgan fingerprint density at radius 1 is 1.25 bits per heavy atom. The number of benzene rings is 1. The van der Waals surface area contributed by atoms with E-state index in [1.807, 2.05) is 6.92 Å². The first-order valence-corrected chi connectivity index (χ1v) is 8.55. The summed E-state index contributed by atoms with van der Waals surface area (Å²) in [7, 11) is -3.36. The average molecular weight is 294 g/mol. The molecule has 1 aromatic rings. The summed E-state index contributed by atoms with van der Waals surface area (Å²) in [5.41, 5.74) is 1.51. The van der Waals surface area contributed by atoms with Gasteiger partial charge in [-0.2, -0.15) is 0 Å². The fourth-order valence-corrected chi connectivity index (χ4v) is 4.55. The molecule has 1 aliphatic carbocycles. The summed E-state index contributed by atoms with van der Waals surface area (Å²) in [6.45, 7) is 5.96. The van der Waals surface area contributed by atoms with Crippen LogP contribution >= 0.6 is 0 Å². The largest absolute Gasteiger partial charge is 0.389 e. The Kier molecular flexibility index (Phi) is 4.07. The van der Waals surface area contributed by atoms with Crippen LogP contribution in [0.5, 0.6) is 0 Å². The molecule has 0 saturated heterocycles. The minimum absolute atomic E-state index is 0.00704. The van der Waals surface area contributed by atoms with Crippen LogP contribution in [0.4, 0.5) is 0 Å². The molecule has 1 aromatic carbocycles. The zero-order valence-electron chi connectivity index (χ0n) is 12.3. The summed E-state index contributed by atoms with van der Waals surface area (Å²) in [6, 6.07) is 8.51. The first-order chi connectivity index (χ1) is 9.24. The maximum atomic E-state index is 12.5. The predicted octanol–water partition coefficient (Wildman–Crippen LogP) is 2.96. The third kappa shape index (κ3) is 2.96. The molecule has 1 unspecified atom stereocenters. The van der Waals surface area contributed by atoms with E-state index in [4.69, 9.17) is 0 Å². The molecule has 0 spiro atoms. The molecule has 0 fully saturated rings. The molecule has 2 rings (SSSR count). The maximum absolute atomic E-state index is 12.5. The Labute approximate surface area is 121 Å². The third-order valence-electron chi connectivity index (χ3n) is 4.27. The van der Waals surface area contributed by atoms with Crippen LogP contribution < -0.4 is 0 Å². The van der Waals surface area contributed by atoms with Crippen molar-refractivity contribution in [3.05, 3.63) is 41.5 Å². The highest BCUT2D eigenvalue weighted by atomic mass is 32.2. The van der Waals surface area contributed by atoms with Crippen molar-refractivity contribution in [2.45, 2.75) is 44.6 Å². The van der Waals surface area contributed by atoms with E-state index >= 15 is 0 Å². The van der Waals surface area contributed by atoms with E-state index in [1.54, 1.807) is 30.3 Å². The molecule has 20 heavy (non-hydrogen) atoms. The molecular weight excluding hydrogens is 272 g/mol. The second kappa shape index (κ2) is 5.34. The highest BCUT2D eigenvalue weighted by Gasteiger charge is 2.35. The van der Waals surface area contributed by atoms with Crippen LogP contribution in [0.2, 0.25) is 0 Å². The van der Waals surface area contributed by atoms with E-state index in [1.165, 1.54) is 0 Å². The number of aliphatic hydroxyl groups is 1. The lowest BCUT2D eigenvalue weighted by atomic mass is 9.72. The van der Waals surface area contributed by atoms with Gasteiger partial charge in [0.15, 0.2) is 9.84 Å². The van der Waals surface area contributed by atoms with Gasteiger partial charge < -0.3 is 5.11 Å². The van der Waals surface area contributed by atoms with Crippen LogP contribution in [0.1, 0.15) is 33.6 Å². The molecule has 0 heterocycles. The zero-order valence-corrected chi connectivity index (χ0v) is 13.1. The quantitative estimate of drug-likeness (QED) is 0.872. The predicted molar refractivity (Wildman–Crippen MR) is 80.2 cm³/mol. The molecule has 0 bridgehead atoms. The minimum Gasteiger partial charge on any atom is -0.389 e. The van der Waals surface area contributed by atoms with Crippen LogP contribution in [0.3, 0.4) is 0 Å². The van der Waals surface area contributed by atoms with Crippen molar-refractivity contribution in [1.82, 2.24) is 0 Å². The Bertz CT molecular complexity index is 612. The third-order valence-corrected chi connectivity index (χ3v) is 5.93. The van der Waals surface area contributed by atoms with Gasteiger partial charge in [0.2, 0.25) is 0 Å². The van der Waals surface area contributed by atoms with E-state index in [0.29, 0.717) is 11.3 Å². The molecule has 110 valence electrons. The molecule has 0 aliphatic heterocycles.